The molecule has 0 radical (unpaired) electrons. The molecular weight excluding hydrogens is 619 g/mol. The van der Waals surface area contributed by atoms with Crippen LogP contribution in [0, 0.1) is 5.41 Å². The average molecular weight is 646 g/mol. The standard InChI is InChI=1S/C43H27N5S/c44-39-38-32-16-7-8-17-37(32)47-40(34(38)25-33(43(39)48-49)26-10-3-1-4-11-26)31-15-9-14-30(24-31)36-23-21-29-19-18-28-20-22-35(27-12-5-2-6-13-27)45-41(28)42(29)46-36/h1-25,44,49H/b44-39?,48-43-. The number of pyridine rings is 3. The Morgan fingerprint density at radius 1 is 0.531 bits per heavy atom. The molecule has 0 saturated heterocycles. The predicted molar refractivity (Wildman–Crippen MR) is 206 cm³/mol. The van der Waals surface area contributed by atoms with Crippen LogP contribution in [-0.4, -0.2) is 26.4 Å². The van der Waals surface area contributed by atoms with Crippen LogP contribution in [0.5, 0.6) is 0 Å². The van der Waals surface area contributed by atoms with E-state index in [0.29, 0.717) is 11.4 Å². The quantitative estimate of drug-likeness (QED) is 0.148. The number of aromatic nitrogens is 3. The minimum atomic E-state index is 0.327. The molecule has 3 heterocycles. The molecule has 5 aromatic carbocycles. The van der Waals surface area contributed by atoms with E-state index in [4.69, 9.17) is 15.0 Å². The summed E-state index contributed by atoms with van der Waals surface area (Å²) >= 11 is 4.32. The van der Waals surface area contributed by atoms with Gasteiger partial charge < -0.3 is 0 Å². The van der Waals surface area contributed by atoms with Crippen LogP contribution >= 0.6 is 12.8 Å². The molecule has 0 spiro atoms. The molecule has 0 fully saturated rings. The molecule has 1 N–H and O–H groups in total. The Labute approximate surface area is 288 Å². The number of benzene rings is 5. The van der Waals surface area contributed by atoms with Crippen LogP contribution < -0.4 is 0 Å². The third-order valence-corrected chi connectivity index (χ3v) is 9.37. The minimum absolute atomic E-state index is 0.327. The average Bonchev–Trinajstić information content (AvgIpc) is 3.17. The third kappa shape index (κ3) is 4.93. The summed E-state index contributed by atoms with van der Waals surface area (Å²) in [5, 5.41) is 12.4. The van der Waals surface area contributed by atoms with E-state index in [1.807, 2.05) is 78.9 Å². The number of allylic oxidation sites excluding steroid dienone is 1. The summed E-state index contributed by atoms with van der Waals surface area (Å²) in [5.41, 5.74) is 12.5. The van der Waals surface area contributed by atoms with Crippen LogP contribution in [0.15, 0.2) is 150 Å². The second-order valence-electron chi connectivity index (χ2n) is 12.1. The first-order valence-corrected chi connectivity index (χ1v) is 16.4. The van der Waals surface area contributed by atoms with Gasteiger partial charge in [0, 0.05) is 49.5 Å². The van der Waals surface area contributed by atoms with Gasteiger partial charge in [-0.15, -0.1) is 0 Å². The number of hydrogen-bond donors (Lipinski definition) is 2. The molecule has 0 bridgehead atoms. The molecule has 0 saturated carbocycles. The molecule has 0 amide bonds. The van der Waals surface area contributed by atoms with Crippen molar-refractivity contribution in [2.75, 3.05) is 0 Å². The molecule has 230 valence electrons. The van der Waals surface area contributed by atoms with Crippen LogP contribution in [-0.2, 0) is 0 Å². The maximum Gasteiger partial charge on any atom is 0.104 e. The lowest BCUT2D eigenvalue weighted by Crippen LogP contribution is -2.22. The van der Waals surface area contributed by atoms with Gasteiger partial charge in [-0.1, -0.05) is 121 Å². The van der Waals surface area contributed by atoms with Gasteiger partial charge in [-0.25, -0.2) is 19.3 Å². The molecule has 49 heavy (non-hydrogen) atoms. The van der Waals surface area contributed by atoms with Gasteiger partial charge in [0.1, 0.15) is 5.71 Å². The second-order valence-corrected chi connectivity index (χ2v) is 12.3. The van der Waals surface area contributed by atoms with Crippen molar-refractivity contribution in [2.24, 2.45) is 4.40 Å². The topological polar surface area (TPSA) is 74.9 Å². The zero-order valence-electron chi connectivity index (χ0n) is 26.2. The van der Waals surface area contributed by atoms with Gasteiger partial charge in [0.2, 0.25) is 0 Å². The third-order valence-electron chi connectivity index (χ3n) is 9.17. The highest BCUT2D eigenvalue weighted by Crippen LogP contribution is 2.39. The number of nitrogens with one attached hydrogen (secondary N) is 1. The monoisotopic (exact) mass is 645 g/mol. The lowest BCUT2D eigenvalue weighted by Gasteiger charge is -2.23. The Morgan fingerprint density at radius 2 is 1.10 bits per heavy atom. The largest absolute Gasteiger partial charge is 0.298 e. The molecule has 6 heteroatoms. The van der Waals surface area contributed by atoms with Gasteiger partial charge in [0.05, 0.1) is 39.3 Å². The van der Waals surface area contributed by atoms with E-state index in [1.54, 1.807) is 0 Å². The van der Waals surface area contributed by atoms with Crippen molar-refractivity contribution in [3.63, 3.8) is 0 Å². The summed E-state index contributed by atoms with van der Waals surface area (Å²) in [5.74, 6) is 0. The number of para-hydroxylation sites is 1. The molecule has 8 aromatic rings. The second kappa shape index (κ2) is 11.8. The van der Waals surface area contributed by atoms with E-state index in [1.165, 1.54) is 0 Å². The van der Waals surface area contributed by atoms with Gasteiger partial charge in [-0.2, -0.15) is 0 Å². The highest BCUT2D eigenvalue weighted by atomic mass is 32.1. The lowest BCUT2D eigenvalue weighted by molar-refractivity contribution is 1.35. The van der Waals surface area contributed by atoms with E-state index in [0.717, 1.165) is 88.7 Å². The van der Waals surface area contributed by atoms with E-state index in [9.17, 15) is 5.41 Å². The van der Waals surface area contributed by atoms with E-state index < -0.39 is 0 Å². The Bertz CT molecular complexity index is 2680. The maximum absolute atomic E-state index is 9.37. The van der Waals surface area contributed by atoms with Gasteiger partial charge in [0.25, 0.3) is 0 Å². The van der Waals surface area contributed by atoms with Crippen molar-refractivity contribution < 1.29 is 0 Å². The van der Waals surface area contributed by atoms with E-state index in [-0.39, 0.29) is 0 Å². The first kappa shape index (κ1) is 28.9. The molecule has 1 aliphatic carbocycles. The molecule has 5 nitrogen and oxygen atoms in total. The lowest BCUT2D eigenvalue weighted by atomic mass is 9.82. The Balaban J connectivity index is 1.23. The van der Waals surface area contributed by atoms with Crippen molar-refractivity contribution >= 4 is 68.6 Å². The van der Waals surface area contributed by atoms with Gasteiger partial charge in [-0.3, -0.25) is 5.41 Å². The molecule has 9 rings (SSSR count). The van der Waals surface area contributed by atoms with Crippen LogP contribution in [0.1, 0.15) is 16.7 Å². The van der Waals surface area contributed by atoms with Crippen LogP contribution in [0.2, 0.25) is 0 Å². The van der Waals surface area contributed by atoms with E-state index >= 15 is 0 Å². The summed E-state index contributed by atoms with van der Waals surface area (Å²) in [7, 11) is 0. The Kier molecular flexibility index (Phi) is 6.95. The van der Waals surface area contributed by atoms with Crippen LogP contribution in [0.3, 0.4) is 0 Å². The number of thiol groups is 1. The predicted octanol–water partition coefficient (Wildman–Crippen LogP) is 10.5. The molecule has 3 aromatic heterocycles. The minimum Gasteiger partial charge on any atom is -0.298 e. The van der Waals surface area contributed by atoms with Crippen molar-refractivity contribution in [3.8, 4) is 33.8 Å². The smallest absolute Gasteiger partial charge is 0.104 e. The normalized spacial score (nSPS) is 13.6. The maximum atomic E-state index is 9.37. The summed E-state index contributed by atoms with van der Waals surface area (Å²) in [6.07, 6.45) is 2.11. The fourth-order valence-electron chi connectivity index (χ4n) is 6.79. The van der Waals surface area contributed by atoms with Crippen LogP contribution in [0.4, 0.5) is 0 Å². The summed E-state index contributed by atoms with van der Waals surface area (Å²) in [6.45, 7) is 0. The van der Waals surface area contributed by atoms with Crippen molar-refractivity contribution in [1.82, 2.24) is 15.0 Å². The number of fused-ring (bicyclic) bond motifs is 6. The number of rotatable bonds is 4. The fourth-order valence-corrected chi connectivity index (χ4v) is 7.00. The van der Waals surface area contributed by atoms with Gasteiger partial charge in [-0.05, 0) is 48.7 Å². The Hall–Kier alpha value is -6.24. The fraction of sp³-hybridized carbons (Fsp3) is 0. The highest BCUT2D eigenvalue weighted by molar-refractivity contribution is 7.79. The SMILES string of the molecule is N=C1/C(=N\S)C(c2ccccc2)=Cc2c(-c3cccc(-c4ccc5ccc6ccc(-c7ccccc7)nc6c5n4)c3)nc3ccccc3c21. The molecular formula is C43H27N5S. The zero-order chi connectivity index (χ0) is 32.9. The van der Waals surface area contributed by atoms with Gasteiger partial charge >= 0.3 is 0 Å². The first-order chi connectivity index (χ1) is 24.2. The summed E-state index contributed by atoms with van der Waals surface area (Å²) in [6, 6.07) is 49.2. The van der Waals surface area contributed by atoms with E-state index in [2.05, 4.69) is 90.0 Å². The first-order valence-electron chi connectivity index (χ1n) is 16.0. The molecule has 0 unspecified atom stereocenters. The summed E-state index contributed by atoms with van der Waals surface area (Å²) in [4.78, 5) is 15.5. The highest BCUT2D eigenvalue weighted by Gasteiger charge is 2.28. The number of nitrogens with zero attached hydrogens (tertiary/aromatic N) is 4. The van der Waals surface area contributed by atoms with Gasteiger partial charge in [0.15, 0.2) is 0 Å². The van der Waals surface area contributed by atoms with Crippen molar-refractivity contribution in [1.29, 1.82) is 5.41 Å². The van der Waals surface area contributed by atoms with Crippen molar-refractivity contribution in [2.45, 2.75) is 0 Å². The van der Waals surface area contributed by atoms with Crippen molar-refractivity contribution in [3.05, 3.63) is 162 Å². The molecule has 1 aliphatic rings. The number of hydrogen-bond acceptors (Lipinski definition) is 6. The molecule has 0 aliphatic heterocycles. The molecule has 0 atom stereocenters. The van der Waals surface area contributed by atoms with Crippen LogP contribution in [0.25, 0.3) is 78.1 Å². The summed E-state index contributed by atoms with van der Waals surface area (Å²) < 4.78 is 4.30. The Morgan fingerprint density at radius 3 is 1.80 bits per heavy atom. The zero-order valence-corrected chi connectivity index (χ0v) is 27.1.